The lowest BCUT2D eigenvalue weighted by Gasteiger charge is -2.08. The molecule has 160 valence electrons. The van der Waals surface area contributed by atoms with Crippen LogP contribution >= 0.6 is 0 Å². The Morgan fingerprint density at radius 3 is 1.81 bits per heavy atom. The summed E-state index contributed by atoms with van der Waals surface area (Å²) in [4.78, 5) is 22.2. The van der Waals surface area contributed by atoms with Gasteiger partial charge in [-0.3, -0.25) is 0 Å². The van der Waals surface area contributed by atoms with Gasteiger partial charge in [-0.2, -0.15) is 0 Å². The van der Waals surface area contributed by atoms with Gasteiger partial charge in [0.25, 0.3) is 0 Å². The molecule has 32 heavy (non-hydrogen) atoms. The Kier molecular flexibility index (Phi) is 7.33. The summed E-state index contributed by atoms with van der Waals surface area (Å²) in [5.74, 6) is -1.29. The number of halogens is 1. The highest BCUT2D eigenvalue weighted by atomic mass is 19.1. The molecule has 0 aliphatic rings. The molecule has 0 N–H and O–H groups in total. The van der Waals surface area contributed by atoms with Crippen molar-refractivity contribution in [3.8, 4) is 33.8 Å². The molecule has 0 spiro atoms. The summed E-state index contributed by atoms with van der Waals surface area (Å²) in [5.41, 5.74) is 3.39. The molecular formula is C26H19FO5. The lowest BCUT2D eigenvalue weighted by molar-refractivity contribution is -0.132. The highest BCUT2D eigenvalue weighted by Gasteiger charge is 2.07. The SMILES string of the molecule is C=CC(=O)O/C=C\Oc1ccc(-c2ccc(-c3ccc(OC(=O)C=C)cc3)cc2)cc1F. The van der Waals surface area contributed by atoms with E-state index in [2.05, 4.69) is 17.9 Å². The molecule has 3 aromatic rings. The average Bonchev–Trinajstić information content (AvgIpc) is 2.83. The number of rotatable bonds is 8. The van der Waals surface area contributed by atoms with Crippen LogP contribution in [0.5, 0.6) is 11.5 Å². The van der Waals surface area contributed by atoms with E-state index in [0.29, 0.717) is 11.3 Å². The minimum absolute atomic E-state index is 0.00600. The quantitative estimate of drug-likeness (QED) is 0.195. The average molecular weight is 430 g/mol. The summed E-state index contributed by atoms with van der Waals surface area (Å²) in [5, 5.41) is 0. The van der Waals surface area contributed by atoms with Crippen LogP contribution in [0.15, 0.2) is 105 Å². The predicted molar refractivity (Wildman–Crippen MR) is 119 cm³/mol. The van der Waals surface area contributed by atoms with Gasteiger partial charge in [0.15, 0.2) is 11.6 Å². The number of hydrogen-bond donors (Lipinski definition) is 0. The zero-order valence-electron chi connectivity index (χ0n) is 17.0. The molecule has 5 nitrogen and oxygen atoms in total. The van der Waals surface area contributed by atoms with Gasteiger partial charge >= 0.3 is 11.9 Å². The molecule has 0 saturated heterocycles. The van der Waals surface area contributed by atoms with E-state index in [1.54, 1.807) is 18.2 Å². The van der Waals surface area contributed by atoms with Gasteiger partial charge in [-0.25, -0.2) is 14.0 Å². The van der Waals surface area contributed by atoms with E-state index in [-0.39, 0.29) is 5.75 Å². The molecule has 0 unspecified atom stereocenters. The monoisotopic (exact) mass is 430 g/mol. The van der Waals surface area contributed by atoms with E-state index >= 15 is 0 Å². The molecule has 0 bridgehead atoms. The highest BCUT2D eigenvalue weighted by Crippen LogP contribution is 2.29. The first kappa shape index (κ1) is 22.2. The first-order chi connectivity index (χ1) is 15.5. The molecule has 0 radical (unpaired) electrons. The van der Waals surface area contributed by atoms with Crippen LogP contribution in [0.3, 0.4) is 0 Å². The first-order valence-electron chi connectivity index (χ1n) is 9.49. The van der Waals surface area contributed by atoms with Gasteiger partial charge in [-0.05, 0) is 46.5 Å². The number of benzene rings is 3. The largest absolute Gasteiger partial charge is 0.459 e. The lowest BCUT2D eigenvalue weighted by atomic mass is 10.00. The van der Waals surface area contributed by atoms with Crippen molar-refractivity contribution in [1.82, 2.24) is 0 Å². The molecule has 0 saturated carbocycles. The van der Waals surface area contributed by atoms with Crippen molar-refractivity contribution in [1.29, 1.82) is 0 Å². The van der Waals surface area contributed by atoms with E-state index in [1.807, 2.05) is 36.4 Å². The summed E-state index contributed by atoms with van der Waals surface area (Å²) in [6, 6.07) is 19.2. The normalized spacial score (nSPS) is 10.4. The molecule has 0 aliphatic heterocycles. The third kappa shape index (κ3) is 5.79. The number of hydrogen-bond acceptors (Lipinski definition) is 5. The maximum Gasteiger partial charge on any atom is 0.335 e. The van der Waals surface area contributed by atoms with E-state index in [1.165, 1.54) is 12.1 Å². The van der Waals surface area contributed by atoms with Crippen molar-refractivity contribution < 1.29 is 28.2 Å². The first-order valence-corrected chi connectivity index (χ1v) is 9.49. The zero-order valence-corrected chi connectivity index (χ0v) is 17.0. The second-order valence-corrected chi connectivity index (χ2v) is 6.40. The summed E-state index contributed by atoms with van der Waals surface area (Å²) in [7, 11) is 0. The molecule has 3 rings (SSSR count). The van der Waals surface area contributed by atoms with Crippen LogP contribution in [0.25, 0.3) is 22.3 Å². The third-order valence-corrected chi connectivity index (χ3v) is 4.32. The second-order valence-electron chi connectivity index (χ2n) is 6.40. The molecule has 0 aliphatic carbocycles. The summed E-state index contributed by atoms with van der Waals surface area (Å²) in [6.45, 7) is 6.62. The van der Waals surface area contributed by atoms with Gasteiger partial charge in [0, 0.05) is 12.2 Å². The van der Waals surface area contributed by atoms with Crippen LogP contribution in [0.1, 0.15) is 0 Å². The van der Waals surface area contributed by atoms with Crippen molar-refractivity contribution in [2.45, 2.75) is 0 Å². The van der Waals surface area contributed by atoms with Crippen molar-refractivity contribution >= 4 is 11.9 Å². The fraction of sp³-hybridized carbons (Fsp3) is 0. The van der Waals surface area contributed by atoms with E-state index in [4.69, 9.17) is 9.47 Å². The van der Waals surface area contributed by atoms with Crippen molar-refractivity contribution in [2.24, 2.45) is 0 Å². The van der Waals surface area contributed by atoms with Gasteiger partial charge in [-0.15, -0.1) is 0 Å². The predicted octanol–water partition coefficient (Wildman–Crippen LogP) is 5.83. The number of carbonyl (C=O) groups is 2. The molecule has 3 aromatic carbocycles. The van der Waals surface area contributed by atoms with Crippen LogP contribution in [0, 0.1) is 5.82 Å². The zero-order chi connectivity index (χ0) is 22.9. The standard InChI is InChI=1S/C26H19FO5/c1-3-25(28)31-16-15-30-24-14-11-21(17-23(24)27)20-7-5-18(6-8-20)19-9-12-22(13-10-19)32-26(29)4-2/h3-17H,1-2H2/b16-15-. The fourth-order valence-corrected chi connectivity index (χ4v) is 2.75. The molecule has 0 aromatic heterocycles. The summed E-state index contributed by atoms with van der Waals surface area (Å²) >= 11 is 0. The van der Waals surface area contributed by atoms with Gasteiger partial charge in [0.2, 0.25) is 0 Å². The molecule has 0 atom stereocenters. The Labute approximate surface area is 184 Å². The molecule has 0 fully saturated rings. The minimum Gasteiger partial charge on any atom is -0.459 e. The van der Waals surface area contributed by atoms with Crippen LogP contribution in [0.2, 0.25) is 0 Å². The van der Waals surface area contributed by atoms with E-state index in [0.717, 1.165) is 41.4 Å². The summed E-state index contributed by atoms with van der Waals surface area (Å²) in [6.07, 6.45) is 4.18. The van der Waals surface area contributed by atoms with Gasteiger partial charge in [0.1, 0.15) is 18.3 Å². The van der Waals surface area contributed by atoms with Gasteiger partial charge in [0.05, 0.1) is 0 Å². The molecule has 0 amide bonds. The second kappa shape index (κ2) is 10.5. The topological polar surface area (TPSA) is 61.8 Å². The Bertz CT molecular complexity index is 1160. The highest BCUT2D eigenvalue weighted by molar-refractivity contribution is 5.83. The van der Waals surface area contributed by atoms with Crippen LogP contribution in [-0.4, -0.2) is 11.9 Å². The van der Waals surface area contributed by atoms with E-state index in [9.17, 15) is 14.0 Å². The summed E-state index contributed by atoms with van der Waals surface area (Å²) < 4.78 is 29.2. The van der Waals surface area contributed by atoms with Crippen LogP contribution < -0.4 is 9.47 Å². The lowest BCUT2D eigenvalue weighted by Crippen LogP contribution is -2.02. The Balaban J connectivity index is 1.68. The third-order valence-electron chi connectivity index (χ3n) is 4.32. The molecule has 6 heteroatoms. The molecule has 0 heterocycles. The van der Waals surface area contributed by atoms with Gasteiger partial charge < -0.3 is 14.2 Å². The Hall–Kier alpha value is -4.45. The Morgan fingerprint density at radius 2 is 1.25 bits per heavy atom. The maximum absolute atomic E-state index is 14.4. The maximum atomic E-state index is 14.4. The van der Waals surface area contributed by atoms with Crippen molar-refractivity contribution in [3.63, 3.8) is 0 Å². The van der Waals surface area contributed by atoms with Gasteiger partial charge in [-0.1, -0.05) is 55.6 Å². The smallest absolute Gasteiger partial charge is 0.335 e. The van der Waals surface area contributed by atoms with Crippen molar-refractivity contribution in [2.75, 3.05) is 0 Å². The van der Waals surface area contributed by atoms with Crippen LogP contribution in [0.4, 0.5) is 4.39 Å². The van der Waals surface area contributed by atoms with E-state index < -0.39 is 17.8 Å². The number of esters is 2. The minimum atomic E-state index is -0.642. The fourth-order valence-electron chi connectivity index (χ4n) is 2.75. The number of ether oxygens (including phenoxy) is 3. The van der Waals surface area contributed by atoms with Crippen LogP contribution in [-0.2, 0) is 14.3 Å². The Morgan fingerprint density at radius 1 is 0.719 bits per heavy atom. The van der Waals surface area contributed by atoms with Crippen molar-refractivity contribution in [3.05, 3.63) is 110 Å². The molecular weight excluding hydrogens is 411 g/mol. The number of carbonyl (C=O) groups excluding carboxylic acids is 2.